The molecule has 0 bridgehead atoms. The molecule has 0 radical (unpaired) electrons. The molecule has 3 aromatic carbocycles. The van der Waals surface area contributed by atoms with Gasteiger partial charge in [-0.05, 0) is 48.0 Å². The molecule has 0 aliphatic carbocycles. The van der Waals surface area contributed by atoms with E-state index in [0.717, 1.165) is 16.8 Å². The van der Waals surface area contributed by atoms with Crippen molar-refractivity contribution in [1.29, 1.82) is 0 Å². The van der Waals surface area contributed by atoms with Gasteiger partial charge in [0.05, 0.1) is 18.0 Å². The van der Waals surface area contributed by atoms with Gasteiger partial charge in [0, 0.05) is 16.3 Å². The van der Waals surface area contributed by atoms with Crippen LogP contribution in [-0.2, 0) is 21.0 Å². The van der Waals surface area contributed by atoms with Crippen molar-refractivity contribution in [2.45, 2.75) is 11.4 Å². The highest BCUT2D eigenvalue weighted by Crippen LogP contribution is 2.55. The smallest absolute Gasteiger partial charge is 0.269 e. The number of fused-ring (bicyclic) bond motifs is 2. The number of nitrogens with zero attached hydrogens (tertiary/aromatic N) is 2. The van der Waals surface area contributed by atoms with Crippen LogP contribution < -0.4 is 9.80 Å². The first-order chi connectivity index (χ1) is 14.5. The number of thioether (sulfide) groups is 1. The zero-order valence-electron chi connectivity index (χ0n) is 15.7. The predicted octanol–water partition coefficient (Wildman–Crippen LogP) is 4.96. The van der Waals surface area contributed by atoms with Crippen molar-refractivity contribution in [3.63, 3.8) is 0 Å². The summed E-state index contributed by atoms with van der Waals surface area (Å²) in [6, 6.07) is 20.6. The largest absolute Gasteiger partial charge is 0.304 e. The average molecular weight is 439 g/mol. The molecule has 30 heavy (non-hydrogen) atoms. The van der Waals surface area contributed by atoms with Crippen molar-refractivity contribution < 1.29 is 14.0 Å². The third-order valence-electron chi connectivity index (χ3n) is 5.40. The van der Waals surface area contributed by atoms with Crippen LogP contribution >= 0.6 is 23.4 Å². The van der Waals surface area contributed by atoms with E-state index < -0.39 is 4.87 Å². The molecule has 0 aromatic heterocycles. The number of amides is 2. The summed E-state index contributed by atoms with van der Waals surface area (Å²) in [5, 5.41) is 0.559. The molecule has 0 unspecified atom stereocenters. The lowest BCUT2D eigenvalue weighted by molar-refractivity contribution is -0.123. The van der Waals surface area contributed by atoms with Crippen LogP contribution in [0.1, 0.15) is 11.1 Å². The fraction of sp³-hybridized carbons (Fsp3) is 0.130. The highest BCUT2D eigenvalue weighted by atomic mass is 35.5. The number of hydrogen-bond acceptors (Lipinski definition) is 3. The standard InChI is InChI=1S/C23H16ClFN2O2S/c24-16-7-11-18(12-8-16)27-21(28)14-30-23(27)19-3-1-2-4-20(19)26(22(23)29)13-15-5-9-17(25)10-6-15/h1-12H,13-14H2/t23-/m0/s1. The first-order valence-electron chi connectivity index (χ1n) is 9.39. The minimum Gasteiger partial charge on any atom is -0.304 e. The fourth-order valence-corrected chi connectivity index (χ4v) is 5.56. The molecule has 2 aliphatic heterocycles. The summed E-state index contributed by atoms with van der Waals surface area (Å²) in [7, 11) is 0. The summed E-state index contributed by atoms with van der Waals surface area (Å²) in [5.41, 5.74) is 2.97. The lowest BCUT2D eigenvalue weighted by Crippen LogP contribution is -2.49. The van der Waals surface area contributed by atoms with E-state index in [1.54, 1.807) is 46.2 Å². The van der Waals surface area contributed by atoms with Crippen LogP contribution in [0, 0.1) is 5.82 Å². The second kappa shape index (κ2) is 7.15. The summed E-state index contributed by atoms with van der Waals surface area (Å²) in [6.07, 6.45) is 0. The number of rotatable bonds is 3. The fourth-order valence-electron chi connectivity index (χ4n) is 4.07. The minimum absolute atomic E-state index is 0.130. The van der Waals surface area contributed by atoms with Gasteiger partial charge in [0.25, 0.3) is 5.91 Å². The van der Waals surface area contributed by atoms with Crippen molar-refractivity contribution >= 4 is 46.6 Å². The number of carbonyl (C=O) groups excluding carboxylic acids is 2. The highest BCUT2D eigenvalue weighted by Gasteiger charge is 2.60. The number of carbonyl (C=O) groups is 2. The molecule has 2 aliphatic rings. The molecule has 0 N–H and O–H groups in total. The van der Waals surface area contributed by atoms with E-state index in [2.05, 4.69) is 0 Å². The van der Waals surface area contributed by atoms with Crippen molar-refractivity contribution in [2.75, 3.05) is 15.6 Å². The lowest BCUT2D eigenvalue weighted by atomic mass is 10.0. The Morgan fingerprint density at radius 1 is 0.967 bits per heavy atom. The van der Waals surface area contributed by atoms with E-state index in [1.165, 1.54) is 23.9 Å². The van der Waals surface area contributed by atoms with Gasteiger partial charge in [-0.25, -0.2) is 4.39 Å². The van der Waals surface area contributed by atoms with Gasteiger partial charge in [-0.3, -0.25) is 14.5 Å². The highest BCUT2D eigenvalue weighted by molar-refractivity contribution is 8.02. The predicted molar refractivity (Wildman–Crippen MR) is 117 cm³/mol. The van der Waals surface area contributed by atoms with Gasteiger partial charge in [-0.1, -0.05) is 41.9 Å². The SMILES string of the molecule is O=C1CS[C@@]2(C(=O)N(Cc3ccc(F)cc3)c3ccccc32)N1c1ccc(Cl)cc1. The molecule has 150 valence electrons. The number of anilines is 2. The Kier molecular flexibility index (Phi) is 4.56. The van der Waals surface area contributed by atoms with Crippen LogP contribution in [0.15, 0.2) is 72.8 Å². The summed E-state index contributed by atoms with van der Waals surface area (Å²) >= 11 is 7.36. The first kappa shape index (κ1) is 19.2. The molecule has 1 atom stereocenters. The quantitative estimate of drug-likeness (QED) is 0.580. The molecular weight excluding hydrogens is 423 g/mol. The topological polar surface area (TPSA) is 40.6 Å². The van der Waals surface area contributed by atoms with Gasteiger partial charge in [0.2, 0.25) is 10.8 Å². The number of hydrogen-bond donors (Lipinski definition) is 0. The number of para-hydroxylation sites is 1. The van der Waals surface area contributed by atoms with Crippen LogP contribution in [0.3, 0.4) is 0 Å². The Morgan fingerprint density at radius 3 is 2.40 bits per heavy atom. The van der Waals surface area contributed by atoms with Crippen molar-refractivity contribution in [3.05, 3.63) is 94.8 Å². The third kappa shape index (κ3) is 2.82. The molecule has 1 fully saturated rings. The molecule has 2 amide bonds. The maximum Gasteiger partial charge on any atom is 0.269 e. The maximum atomic E-state index is 13.9. The van der Waals surface area contributed by atoms with Crippen molar-refractivity contribution in [2.24, 2.45) is 0 Å². The van der Waals surface area contributed by atoms with Gasteiger partial charge < -0.3 is 4.90 Å². The molecule has 4 nitrogen and oxygen atoms in total. The Hall–Kier alpha value is -2.83. The van der Waals surface area contributed by atoms with Gasteiger partial charge in [-0.2, -0.15) is 0 Å². The van der Waals surface area contributed by atoms with Crippen LogP contribution in [0.4, 0.5) is 15.8 Å². The molecule has 2 heterocycles. The van der Waals surface area contributed by atoms with E-state index in [4.69, 9.17) is 11.6 Å². The van der Waals surface area contributed by atoms with Gasteiger partial charge in [0.15, 0.2) is 0 Å². The zero-order valence-corrected chi connectivity index (χ0v) is 17.3. The lowest BCUT2D eigenvalue weighted by Gasteiger charge is -2.33. The minimum atomic E-state index is -1.17. The van der Waals surface area contributed by atoms with Gasteiger partial charge in [0.1, 0.15) is 5.82 Å². The zero-order chi connectivity index (χ0) is 20.9. The molecule has 3 aromatic rings. The molecule has 1 spiro atoms. The van der Waals surface area contributed by atoms with E-state index >= 15 is 0 Å². The molecule has 1 saturated heterocycles. The Morgan fingerprint density at radius 2 is 1.67 bits per heavy atom. The Bertz CT molecular complexity index is 1150. The normalized spacial score (nSPS) is 20.3. The molecule has 0 saturated carbocycles. The van der Waals surface area contributed by atoms with E-state index in [-0.39, 0.29) is 23.4 Å². The summed E-state index contributed by atoms with van der Waals surface area (Å²) in [5.74, 6) is -0.435. The van der Waals surface area contributed by atoms with Crippen molar-refractivity contribution in [3.8, 4) is 0 Å². The van der Waals surface area contributed by atoms with Gasteiger partial charge in [-0.15, -0.1) is 11.8 Å². The van der Waals surface area contributed by atoms with E-state index in [9.17, 15) is 14.0 Å². The monoisotopic (exact) mass is 438 g/mol. The second-order valence-corrected chi connectivity index (χ2v) is 8.78. The van der Waals surface area contributed by atoms with Crippen LogP contribution in [0.2, 0.25) is 5.02 Å². The summed E-state index contributed by atoms with van der Waals surface area (Å²) < 4.78 is 13.3. The molecule has 7 heteroatoms. The molecule has 5 rings (SSSR count). The molecular formula is C23H16ClFN2O2S. The van der Waals surface area contributed by atoms with Crippen LogP contribution in [0.25, 0.3) is 0 Å². The first-order valence-corrected chi connectivity index (χ1v) is 10.8. The van der Waals surface area contributed by atoms with E-state index in [1.807, 2.05) is 24.3 Å². The number of halogens is 2. The summed E-state index contributed by atoms with van der Waals surface area (Å²) in [6.45, 7) is 0.293. The Labute approximate surface area is 182 Å². The van der Waals surface area contributed by atoms with Crippen molar-refractivity contribution in [1.82, 2.24) is 0 Å². The van der Waals surface area contributed by atoms with E-state index in [0.29, 0.717) is 17.3 Å². The van der Waals surface area contributed by atoms with Crippen LogP contribution in [-0.4, -0.2) is 17.6 Å². The average Bonchev–Trinajstić information content (AvgIpc) is 3.22. The second-order valence-electron chi connectivity index (χ2n) is 7.17. The van der Waals surface area contributed by atoms with Gasteiger partial charge >= 0.3 is 0 Å². The Balaban J connectivity index is 1.62. The number of benzene rings is 3. The maximum absolute atomic E-state index is 13.9. The summed E-state index contributed by atoms with van der Waals surface area (Å²) in [4.78, 5) is 28.9. The van der Waals surface area contributed by atoms with Crippen LogP contribution in [0.5, 0.6) is 0 Å². The third-order valence-corrected chi connectivity index (χ3v) is 7.04.